The summed E-state index contributed by atoms with van der Waals surface area (Å²) >= 11 is 0. The Hall–Kier alpha value is -4.74. The fourth-order valence-corrected chi connectivity index (χ4v) is 4.19. The zero-order chi connectivity index (χ0) is 23.9. The molecule has 0 radical (unpaired) electrons. The highest BCUT2D eigenvalue weighted by molar-refractivity contribution is 5.95. The second-order valence-electron chi connectivity index (χ2n) is 8.19. The molecular weight excluding hydrogens is 450 g/mol. The van der Waals surface area contributed by atoms with Crippen LogP contribution >= 0.6 is 0 Å². The molecule has 0 aliphatic carbocycles. The van der Waals surface area contributed by atoms with Crippen molar-refractivity contribution in [2.75, 3.05) is 31.1 Å². The minimum absolute atomic E-state index is 0.123. The highest BCUT2D eigenvalue weighted by atomic mass is 16.4. The molecule has 0 bridgehead atoms. The maximum atomic E-state index is 13.2. The molecule has 1 saturated heterocycles. The van der Waals surface area contributed by atoms with Gasteiger partial charge in [-0.25, -0.2) is 14.2 Å². The Bertz CT molecular complexity index is 1570. The van der Waals surface area contributed by atoms with E-state index in [-0.39, 0.29) is 17.4 Å². The maximum absolute atomic E-state index is 13.2. The Balaban J connectivity index is 1.16. The van der Waals surface area contributed by atoms with Crippen molar-refractivity contribution in [3.63, 3.8) is 0 Å². The number of nitrogens with one attached hydrogen (secondary N) is 1. The normalized spacial score (nSPS) is 14.1. The van der Waals surface area contributed by atoms with Crippen molar-refractivity contribution in [2.24, 2.45) is 0 Å². The van der Waals surface area contributed by atoms with Crippen LogP contribution in [-0.2, 0) is 0 Å². The van der Waals surface area contributed by atoms with E-state index >= 15 is 0 Å². The first-order valence-electron chi connectivity index (χ1n) is 11.1. The van der Waals surface area contributed by atoms with E-state index in [9.17, 15) is 9.59 Å². The summed E-state index contributed by atoms with van der Waals surface area (Å²) in [5, 5.41) is 8.70. The zero-order valence-corrected chi connectivity index (χ0v) is 18.8. The fraction of sp³-hybridized carbons (Fsp3) is 0.217. The van der Waals surface area contributed by atoms with Crippen LogP contribution in [0.3, 0.4) is 0 Å². The molecule has 12 nitrogen and oxygen atoms in total. The number of anilines is 1. The van der Waals surface area contributed by atoms with Gasteiger partial charge in [0.1, 0.15) is 5.52 Å². The Morgan fingerprint density at radius 2 is 1.89 bits per heavy atom. The summed E-state index contributed by atoms with van der Waals surface area (Å²) in [6.07, 6.45) is 8.31. The van der Waals surface area contributed by atoms with Crippen LogP contribution in [0, 0.1) is 6.92 Å². The van der Waals surface area contributed by atoms with Gasteiger partial charge in [0.25, 0.3) is 17.5 Å². The first-order chi connectivity index (χ1) is 17.1. The van der Waals surface area contributed by atoms with Gasteiger partial charge in [0.15, 0.2) is 5.76 Å². The van der Waals surface area contributed by atoms with E-state index in [4.69, 9.17) is 4.42 Å². The monoisotopic (exact) mass is 471 g/mol. The number of hydrogen-bond acceptors (Lipinski definition) is 8. The van der Waals surface area contributed by atoms with E-state index in [2.05, 4.69) is 25.1 Å². The van der Waals surface area contributed by atoms with Gasteiger partial charge in [-0.1, -0.05) is 0 Å². The quantitative estimate of drug-likeness (QED) is 0.418. The number of fused-ring (bicyclic) bond motifs is 1. The third-order valence-corrected chi connectivity index (χ3v) is 6.13. The largest absolute Gasteiger partial charge is 0.423 e. The predicted octanol–water partition coefficient (Wildman–Crippen LogP) is 1.53. The van der Waals surface area contributed by atoms with Crippen molar-refractivity contribution < 1.29 is 9.21 Å². The van der Waals surface area contributed by atoms with Crippen molar-refractivity contribution in [2.45, 2.75) is 6.92 Å². The van der Waals surface area contributed by atoms with Crippen molar-refractivity contribution >= 4 is 17.4 Å². The van der Waals surface area contributed by atoms with Gasteiger partial charge in [-0.15, -0.1) is 5.10 Å². The number of carbonyl (C=O) groups excluding carboxylic acids is 1. The van der Waals surface area contributed by atoms with E-state index in [1.54, 1.807) is 48.7 Å². The van der Waals surface area contributed by atoms with Gasteiger partial charge in [-0.05, 0) is 31.2 Å². The topological polar surface area (TPSA) is 130 Å². The van der Waals surface area contributed by atoms with Crippen LogP contribution in [0.25, 0.3) is 22.8 Å². The average Bonchev–Trinajstić information content (AvgIpc) is 3.64. The number of carbonyl (C=O) groups is 1. The lowest BCUT2D eigenvalue weighted by Gasteiger charge is -2.33. The van der Waals surface area contributed by atoms with E-state index in [1.165, 1.54) is 15.4 Å². The average molecular weight is 471 g/mol. The molecule has 176 valence electrons. The van der Waals surface area contributed by atoms with Gasteiger partial charge in [-0.2, -0.15) is 5.10 Å². The smallest absolute Gasteiger partial charge is 0.297 e. The molecule has 35 heavy (non-hydrogen) atoms. The molecule has 6 rings (SSSR count). The van der Waals surface area contributed by atoms with E-state index in [0.717, 1.165) is 5.56 Å². The number of amides is 1. The molecule has 5 aromatic rings. The van der Waals surface area contributed by atoms with E-state index in [1.807, 2.05) is 17.0 Å². The minimum atomic E-state index is -0.280. The van der Waals surface area contributed by atoms with Gasteiger partial charge >= 0.3 is 0 Å². The first kappa shape index (κ1) is 20.8. The molecule has 6 heterocycles. The second-order valence-corrected chi connectivity index (χ2v) is 8.19. The second kappa shape index (κ2) is 8.24. The van der Waals surface area contributed by atoms with Crippen LogP contribution in [0.15, 0.2) is 64.5 Å². The van der Waals surface area contributed by atoms with Gasteiger partial charge in [0, 0.05) is 50.3 Å². The lowest BCUT2D eigenvalue weighted by atomic mass is 10.2. The Labute approximate surface area is 198 Å². The van der Waals surface area contributed by atoms with E-state index in [0.29, 0.717) is 54.7 Å². The van der Waals surface area contributed by atoms with Crippen LogP contribution in [0.5, 0.6) is 0 Å². The SMILES string of the molecule is Cc1c(C(=O)N2CCN(c3ncc(-c4ccncc4)o3)CC2)cnn1-c1nn2cccc2c(=O)[nH]1. The number of hydrogen-bond donors (Lipinski definition) is 1. The lowest BCUT2D eigenvalue weighted by molar-refractivity contribution is 0.0744. The van der Waals surface area contributed by atoms with Gasteiger partial charge in [0.2, 0.25) is 5.95 Å². The van der Waals surface area contributed by atoms with Crippen LogP contribution in [-0.4, -0.2) is 71.3 Å². The van der Waals surface area contributed by atoms with Gasteiger partial charge < -0.3 is 14.2 Å². The molecule has 1 fully saturated rings. The standard InChI is InChI=1S/C23H21N9O3/c1-15-17(13-26-32(15)22-27-20(33)18-3-2-8-31(18)28-22)21(34)29-9-11-30(12-10-29)23-25-14-19(35-23)16-4-6-24-7-5-16/h2-8,13-14H,9-12H2,1H3,(H,27,28,33). The van der Waals surface area contributed by atoms with Crippen molar-refractivity contribution in [3.8, 4) is 17.3 Å². The molecule has 1 aliphatic rings. The van der Waals surface area contributed by atoms with Crippen molar-refractivity contribution in [1.82, 2.24) is 39.2 Å². The number of piperazine rings is 1. The number of oxazole rings is 1. The van der Waals surface area contributed by atoms with Crippen molar-refractivity contribution in [1.29, 1.82) is 0 Å². The molecule has 1 amide bonds. The first-order valence-corrected chi connectivity index (χ1v) is 11.1. The highest BCUT2D eigenvalue weighted by Gasteiger charge is 2.27. The van der Waals surface area contributed by atoms with Crippen molar-refractivity contribution in [3.05, 3.63) is 76.9 Å². The zero-order valence-electron chi connectivity index (χ0n) is 18.8. The Morgan fingerprint density at radius 3 is 2.69 bits per heavy atom. The number of pyridine rings is 1. The molecule has 12 heteroatoms. The number of H-pyrrole nitrogens is 1. The molecule has 0 spiro atoms. The summed E-state index contributed by atoms with van der Waals surface area (Å²) in [5.41, 5.74) is 2.13. The molecular formula is C23H21N9O3. The maximum Gasteiger partial charge on any atom is 0.297 e. The third-order valence-electron chi connectivity index (χ3n) is 6.13. The molecule has 0 unspecified atom stereocenters. The van der Waals surface area contributed by atoms with Gasteiger partial charge in [0.05, 0.1) is 23.7 Å². The number of aromatic nitrogens is 7. The number of aromatic amines is 1. The minimum Gasteiger partial charge on any atom is -0.423 e. The Kier molecular flexibility index (Phi) is 4.90. The molecule has 0 aromatic carbocycles. The molecule has 0 atom stereocenters. The summed E-state index contributed by atoms with van der Waals surface area (Å²) in [7, 11) is 0. The summed E-state index contributed by atoms with van der Waals surface area (Å²) < 4.78 is 8.88. The van der Waals surface area contributed by atoms with Gasteiger partial charge in [-0.3, -0.25) is 19.6 Å². The molecule has 1 aliphatic heterocycles. The fourth-order valence-electron chi connectivity index (χ4n) is 4.19. The highest BCUT2D eigenvalue weighted by Crippen LogP contribution is 2.25. The summed E-state index contributed by atoms with van der Waals surface area (Å²) in [6.45, 7) is 3.99. The summed E-state index contributed by atoms with van der Waals surface area (Å²) in [4.78, 5) is 40.5. The number of nitrogens with zero attached hydrogens (tertiary/aromatic N) is 8. The van der Waals surface area contributed by atoms with Crippen LogP contribution in [0.4, 0.5) is 6.01 Å². The lowest BCUT2D eigenvalue weighted by Crippen LogP contribution is -2.49. The van der Waals surface area contributed by atoms with Crippen LogP contribution < -0.4 is 10.5 Å². The molecule has 5 aromatic heterocycles. The predicted molar refractivity (Wildman–Crippen MR) is 126 cm³/mol. The molecule has 1 N–H and O–H groups in total. The summed E-state index contributed by atoms with van der Waals surface area (Å²) in [5.74, 6) is 0.797. The third kappa shape index (κ3) is 3.64. The van der Waals surface area contributed by atoms with E-state index < -0.39 is 0 Å². The van der Waals surface area contributed by atoms with Crippen LogP contribution in [0.1, 0.15) is 16.1 Å². The number of rotatable bonds is 4. The Morgan fingerprint density at radius 1 is 1.09 bits per heavy atom. The summed E-state index contributed by atoms with van der Waals surface area (Å²) in [6, 6.07) is 7.68. The molecule has 0 saturated carbocycles. The van der Waals surface area contributed by atoms with Crippen LogP contribution in [0.2, 0.25) is 0 Å².